The Hall–Kier alpha value is -0.870. The molecule has 108 valence electrons. The van der Waals surface area contributed by atoms with Gasteiger partial charge >= 0.3 is 0 Å². The molecule has 1 aliphatic carbocycles. The van der Waals surface area contributed by atoms with Crippen LogP contribution >= 0.6 is 0 Å². The highest BCUT2D eigenvalue weighted by Gasteiger charge is 2.24. The van der Waals surface area contributed by atoms with Crippen molar-refractivity contribution >= 4 is 0 Å². The van der Waals surface area contributed by atoms with Gasteiger partial charge in [-0.25, -0.2) is 0 Å². The highest BCUT2D eigenvalue weighted by atomic mass is 16.3. The van der Waals surface area contributed by atoms with Crippen LogP contribution in [-0.4, -0.2) is 28.0 Å². The summed E-state index contributed by atoms with van der Waals surface area (Å²) >= 11 is 0. The summed E-state index contributed by atoms with van der Waals surface area (Å²) in [4.78, 5) is 0. The highest BCUT2D eigenvalue weighted by Crippen LogP contribution is 2.29. The van der Waals surface area contributed by atoms with Crippen molar-refractivity contribution in [3.63, 3.8) is 0 Å². The Kier molecular flexibility index (Phi) is 5.40. The average Bonchev–Trinajstić information content (AvgIpc) is 2.94. The molecule has 19 heavy (non-hydrogen) atoms. The van der Waals surface area contributed by atoms with Gasteiger partial charge < -0.3 is 10.4 Å². The van der Waals surface area contributed by atoms with E-state index in [0.29, 0.717) is 24.5 Å². The first-order chi connectivity index (χ1) is 9.24. The van der Waals surface area contributed by atoms with Crippen molar-refractivity contribution < 1.29 is 5.11 Å². The summed E-state index contributed by atoms with van der Waals surface area (Å²) in [6.45, 7) is 6.55. The molecule has 1 fully saturated rings. The zero-order chi connectivity index (χ0) is 13.7. The molecule has 2 rings (SSSR count). The van der Waals surface area contributed by atoms with Crippen molar-refractivity contribution in [1.82, 2.24) is 15.1 Å². The lowest BCUT2D eigenvalue weighted by Gasteiger charge is -2.31. The maximum absolute atomic E-state index is 9.44. The number of nitrogens with zero attached hydrogens (tertiary/aromatic N) is 2. The third kappa shape index (κ3) is 3.80. The summed E-state index contributed by atoms with van der Waals surface area (Å²) in [6.07, 6.45) is 9.09. The van der Waals surface area contributed by atoms with Crippen LogP contribution in [0.3, 0.4) is 0 Å². The molecule has 1 heterocycles. The van der Waals surface area contributed by atoms with E-state index in [1.165, 1.54) is 31.2 Å². The van der Waals surface area contributed by atoms with Crippen molar-refractivity contribution in [1.29, 1.82) is 0 Å². The van der Waals surface area contributed by atoms with Gasteiger partial charge in [-0.2, -0.15) is 5.10 Å². The van der Waals surface area contributed by atoms with Crippen LogP contribution in [0.25, 0.3) is 0 Å². The molecule has 4 nitrogen and oxygen atoms in total. The van der Waals surface area contributed by atoms with Crippen LogP contribution in [0.2, 0.25) is 0 Å². The molecule has 0 saturated heterocycles. The Morgan fingerprint density at radius 2 is 2.16 bits per heavy atom. The van der Waals surface area contributed by atoms with Crippen LogP contribution in [0.15, 0.2) is 12.4 Å². The van der Waals surface area contributed by atoms with Crippen LogP contribution < -0.4 is 5.32 Å². The third-order valence-corrected chi connectivity index (χ3v) is 4.46. The first kappa shape index (κ1) is 14.5. The lowest BCUT2D eigenvalue weighted by molar-refractivity contribution is 0.131. The molecule has 3 unspecified atom stereocenters. The van der Waals surface area contributed by atoms with Crippen molar-refractivity contribution in [2.75, 3.05) is 13.2 Å². The minimum Gasteiger partial charge on any atom is -0.396 e. The fourth-order valence-electron chi connectivity index (χ4n) is 3.02. The molecule has 2 N–H and O–H groups in total. The number of aliphatic hydroxyl groups excluding tert-OH is 1. The van der Waals surface area contributed by atoms with E-state index < -0.39 is 0 Å². The fourth-order valence-corrected chi connectivity index (χ4v) is 3.02. The van der Waals surface area contributed by atoms with Gasteiger partial charge in [-0.3, -0.25) is 4.68 Å². The molecule has 1 aromatic heterocycles. The smallest absolute Gasteiger partial charge is 0.0537 e. The van der Waals surface area contributed by atoms with Gasteiger partial charge in [0.1, 0.15) is 0 Å². The van der Waals surface area contributed by atoms with Gasteiger partial charge in [0.05, 0.1) is 6.20 Å². The normalized spacial score (nSPS) is 25.4. The molecule has 0 bridgehead atoms. The lowest BCUT2D eigenvalue weighted by atomic mass is 9.79. The van der Waals surface area contributed by atoms with Gasteiger partial charge in [0.15, 0.2) is 0 Å². The molecular weight excluding hydrogens is 238 g/mol. The van der Waals surface area contributed by atoms with E-state index in [1.807, 2.05) is 10.9 Å². The zero-order valence-electron chi connectivity index (χ0n) is 12.2. The predicted molar refractivity (Wildman–Crippen MR) is 76.9 cm³/mol. The zero-order valence-corrected chi connectivity index (χ0v) is 12.2. The molecule has 0 aliphatic heterocycles. The standard InChI is InChI=1S/C15H27N3O/c1-3-18-10-15(9-17-18)12(2)16-8-13-6-4-5-7-14(13)11-19/h9-10,12-14,16,19H,3-8,11H2,1-2H3. The van der Waals surface area contributed by atoms with Gasteiger partial charge in [-0.15, -0.1) is 0 Å². The Morgan fingerprint density at radius 1 is 1.42 bits per heavy atom. The second-order valence-corrected chi connectivity index (χ2v) is 5.75. The van der Waals surface area contributed by atoms with Gasteiger partial charge in [0, 0.05) is 31.0 Å². The molecule has 1 saturated carbocycles. The molecular formula is C15H27N3O. The molecule has 3 atom stereocenters. The van der Waals surface area contributed by atoms with Crippen LogP contribution in [0.5, 0.6) is 0 Å². The molecule has 0 aromatic carbocycles. The minimum absolute atomic E-state index is 0.335. The number of aliphatic hydroxyl groups is 1. The van der Waals surface area contributed by atoms with E-state index in [9.17, 15) is 5.11 Å². The Labute approximate surface area is 116 Å². The van der Waals surface area contributed by atoms with Crippen LogP contribution in [0.1, 0.15) is 51.1 Å². The number of hydrogen-bond acceptors (Lipinski definition) is 3. The summed E-state index contributed by atoms with van der Waals surface area (Å²) in [5.41, 5.74) is 1.25. The highest BCUT2D eigenvalue weighted by molar-refractivity contribution is 5.09. The van der Waals surface area contributed by atoms with E-state index in [2.05, 4.69) is 30.5 Å². The largest absolute Gasteiger partial charge is 0.396 e. The van der Waals surface area contributed by atoms with E-state index in [4.69, 9.17) is 0 Å². The number of aromatic nitrogens is 2. The van der Waals surface area contributed by atoms with Gasteiger partial charge in [0.25, 0.3) is 0 Å². The van der Waals surface area contributed by atoms with Crippen LogP contribution in [0.4, 0.5) is 0 Å². The fraction of sp³-hybridized carbons (Fsp3) is 0.800. The first-order valence-electron chi connectivity index (χ1n) is 7.61. The Morgan fingerprint density at radius 3 is 2.79 bits per heavy atom. The van der Waals surface area contributed by atoms with Gasteiger partial charge in [0.2, 0.25) is 0 Å². The molecule has 0 amide bonds. The van der Waals surface area contributed by atoms with Crippen molar-refractivity contribution in [3.05, 3.63) is 18.0 Å². The maximum Gasteiger partial charge on any atom is 0.0537 e. The van der Waals surface area contributed by atoms with Crippen LogP contribution in [-0.2, 0) is 6.54 Å². The lowest BCUT2D eigenvalue weighted by Crippen LogP contribution is -2.33. The van der Waals surface area contributed by atoms with E-state index in [-0.39, 0.29) is 0 Å². The SMILES string of the molecule is CCn1cc(C(C)NCC2CCCCC2CO)cn1. The number of rotatable bonds is 6. The molecule has 1 aromatic rings. The van der Waals surface area contributed by atoms with Gasteiger partial charge in [-0.1, -0.05) is 12.8 Å². The predicted octanol–water partition coefficient (Wildman–Crippen LogP) is 2.35. The van der Waals surface area contributed by atoms with Crippen molar-refractivity contribution in [2.45, 2.75) is 52.1 Å². The monoisotopic (exact) mass is 265 g/mol. The van der Waals surface area contributed by atoms with E-state index in [1.54, 1.807) is 0 Å². The molecule has 4 heteroatoms. The summed E-state index contributed by atoms with van der Waals surface area (Å²) in [7, 11) is 0. The molecule has 0 spiro atoms. The van der Waals surface area contributed by atoms with Crippen LogP contribution in [0, 0.1) is 11.8 Å². The summed E-state index contributed by atoms with van der Waals surface area (Å²) in [5.74, 6) is 1.12. The number of aryl methyl sites for hydroxylation is 1. The quantitative estimate of drug-likeness (QED) is 0.830. The molecule has 0 radical (unpaired) electrons. The summed E-state index contributed by atoms with van der Waals surface area (Å²) < 4.78 is 1.96. The second kappa shape index (κ2) is 7.06. The summed E-state index contributed by atoms with van der Waals surface area (Å²) in [5, 5.41) is 17.4. The van der Waals surface area contributed by atoms with Crippen molar-refractivity contribution in [3.8, 4) is 0 Å². The minimum atomic E-state index is 0.335. The first-order valence-corrected chi connectivity index (χ1v) is 7.61. The van der Waals surface area contributed by atoms with Crippen molar-refractivity contribution in [2.24, 2.45) is 11.8 Å². The second-order valence-electron chi connectivity index (χ2n) is 5.75. The van der Waals surface area contributed by atoms with E-state index >= 15 is 0 Å². The average molecular weight is 265 g/mol. The van der Waals surface area contributed by atoms with E-state index in [0.717, 1.165) is 13.1 Å². The summed E-state index contributed by atoms with van der Waals surface area (Å²) in [6, 6.07) is 0.335. The Balaban J connectivity index is 1.83. The Bertz CT molecular complexity index is 377. The number of nitrogens with one attached hydrogen (secondary N) is 1. The third-order valence-electron chi connectivity index (χ3n) is 4.46. The van der Waals surface area contributed by atoms with Gasteiger partial charge in [-0.05, 0) is 45.1 Å². The topological polar surface area (TPSA) is 50.1 Å². The molecule has 1 aliphatic rings. The maximum atomic E-state index is 9.44. The number of hydrogen-bond donors (Lipinski definition) is 2.